The van der Waals surface area contributed by atoms with Crippen LogP contribution >= 0.6 is 22.9 Å². The van der Waals surface area contributed by atoms with Crippen LogP contribution in [0.3, 0.4) is 0 Å². The Morgan fingerprint density at radius 1 is 1.48 bits per heavy atom. The third-order valence-electron chi connectivity index (χ3n) is 3.53. The van der Waals surface area contributed by atoms with Gasteiger partial charge in [0.2, 0.25) is 0 Å². The fourth-order valence-corrected chi connectivity index (χ4v) is 3.26. The number of aromatic nitrogens is 1. The lowest BCUT2D eigenvalue weighted by Crippen LogP contribution is -2.26. The van der Waals surface area contributed by atoms with Gasteiger partial charge in [0, 0.05) is 16.9 Å². The number of hydrogen-bond donors (Lipinski definition) is 2. The van der Waals surface area contributed by atoms with Gasteiger partial charge in [0.1, 0.15) is 10.7 Å². The lowest BCUT2D eigenvalue weighted by atomic mass is 10.1. The zero-order valence-electron chi connectivity index (χ0n) is 13.2. The molecule has 1 amide bonds. The first kappa shape index (κ1) is 17.9. The maximum absolute atomic E-state index is 12.1. The summed E-state index contributed by atoms with van der Waals surface area (Å²) in [7, 11) is 0. The summed E-state index contributed by atoms with van der Waals surface area (Å²) < 4.78 is 0. The van der Waals surface area contributed by atoms with Crippen LogP contribution in [0.4, 0.5) is 0 Å². The van der Waals surface area contributed by atoms with Crippen molar-refractivity contribution in [2.75, 3.05) is 6.54 Å². The summed E-state index contributed by atoms with van der Waals surface area (Å²) in [5, 5.41) is 6.20. The number of hydrogen-bond acceptors (Lipinski definition) is 4. The first-order valence-corrected chi connectivity index (χ1v) is 9.09. The molecule has 2 aromatic rings. The van der Waals surface area contributed by atoms with Crippen LogP contribution in [0.1, 0.15) is 53.3 Å². The predicted octanol–water partition coefficient (Wildman–Crippen LogP) is 3.96. The molecule has 124 valence electrons. The fraction of sp³-hybridized carbons (Fsp3) is 0.412. The number of halogens is 1. The standard InChI is InChI=1S/C17H22ClN3OS/c1-2-3-7-14(19)17-21-15(11-23-17)16(22)20-9-8-12-5-4-6-13(18)10-12/h4-6,10-11,14H,2-3,7-9,19H2,1H3,(H,20,22). The van der Waals surface area contributed by atoms with Gasteiger partial charge in [-0.1, -0.05) is 43.5 Å². The Morgan fingerprint density at radius 3 is 3.04 bits per heavy atom. The lowest BCUT2D eigenvalue weighted by Gasteiger charge is -2.06. The minimum absolute atomic E-state index is 0.0760. The van der Waals surface area contributed by atoms with Crippen molar-refractivity contribution in [1.29, 1.82) is 0 Å². The molecule has 1 atom stereocenters. The van der Waals surface area contributed by atoms with Crippen LogP contribution in [-0.2, 0) is 6.42 Å². The van der Waals surface area contributed by atoms with E-state index in [-0.39, 0.29) is 11.9 Å². The number of carbonyl (C=O) groups excluding carboxylic acids is 1. The molecule has 1 unspecified atom stereocenters. The molecule has 1 aromatic heterocycles. The highest BCUT2D eigenvalue weighted by molar-refractivity contribution is 7.09. The molecule has 1 aromatic carbocycles. The Morgan fingerprint density at radius 2 is 2.30 bits per heavy atom. The molecule has 6 heteroatoms. The Balaban J connectivity index is 1.83. The Kier molecular flexibility index (Phi) is 7.02. The molecule has 0 saturated carbocycles. The zero-order valence-corrected chi connectivity index (χ0v) is 14.8. The third kappa shape index (κ3) is 5.61. The minimum atomic E-state index is -0.155. The molecule has 0 saturated heterocycles. The number of unbranched alkanes of at least 4 members (excludes halogenated alkanes) is 1. The van der Waals surface area contributed by atoms with Crippen molar-refractivity contribution in [2.24, 2.45) is 5.73 Å². The van der Waals surface area contributed by atoms with Crippen LogP contribution in [-0.4, -0.2) is 17.4 Å². The molecule has 0 bridgehead atoms. The van der Waals surface area contributed by atoms with E-state index in [0.29, 0.717) is 17.3 Å². The van der Waals surface area contributed by atoms with Crippen LogP contribution < -0.4 is 11.1 Å². The summed E-state index contributed by atoms with van der Waals surface area (Å²) in [5.74, 6) is -0.155. The van der Waals surface area contributed by atoms with Crippen molar-refractivity contribution < 1.29 is 4.79 Å². The van der Waals surface area contributed by atoms with Crippen LogP contribution in [0, 0.1) is 0 Å². The maximum Gasteiger partial charge on any atom is 0.270 e. The average molecular weight is 352 g/mol. The van der Waals surface area contributed by atoms with Gasteiger partial charge in [-0.3, -0.25) is 4.79 Å². The van der Waals surface area contributed by atoms with E-state index < -0.39 is 0 Å². The first-order chi connectivity index (χ1) is 11.1. The molecular formula is C17H22ClN3OS. The van der Waals surface area contributed by atoms with Gasteiger partial charge in [-0.05, 0) is 30.5 Å². The average Bonchev–Trinajstić information content (AvgIpc) is 3.03. The third-order valence-corrected chi connectivity index (χ3v) is 4.74. The van der Waals surface area contributed by atoms with Crippen molar-refractivity contribution in [3.05, 3.63) is 50.9 Å². The highest BCUT2D eigenvalue weighted by Gasteiger charge is 2.14. The second-order valence-electron chi connectivity index (χ2n) is 5.46. The summed E-state index contributed by atoms with van der Waals surface area (Å²) in [5.41, 5.74) is 7.63. The number of rotatable bonds is 8. The van der Waals surface area contributed by atoms with E-state index in [9.17, 15) is 4.79 Å². The fourth-order valence-electron chi connectivity index (χ4n) is 2.21. The molecule has 0 aliphatic heterocycles. The molecule has 2 rings (SSSR count). The number of nitrogens with two attached hydrogens (primary N) is 1. The predicted molar refractivity (Wildman–Crippen MR) is 96.1 cm³/mol. The van der Waals surface area contributed by atoms with Gasteiger partial charge in [0.25, 0.3) is 5.91 Å². The van der Waals surface area contributed by atoms with Crippen molar-refractivity contribution in [3.63, 3.8) is 0 Å². The summed E-state index contributed by atoms with van der Waals surface area (Å²) in [6, 6.07) is 7.56. The van der Waals surface area contributed by atoms with Gasteiger partial charge in [-0.15, -0.1) is 11.3 Å². The molecule has 23 heavy (non-hydrogen) atoms. The summed E-state index contributed by atoms with van der Waals surface area (Å²) in [6.07, 6.45) is 3.82. The van der Waals surface area contributed by atoms with Gasteiger partial charge in [0.05, 0.1) is 6.04 Å². The maximum atomic E-state index is 12.1. The number of benzene rings is 1. The Labute approximate surface area is 146 Å². The van der Waals surface area contributed by atoms with E-state index in [4.69, 9.17) is 17.3 Å². The van der Waals surface area contributed by atoms with Crippen LogP contribution in [0.15, 0.2) is 29.6 Å². The number of amides is 1. The van der Waals surface area contributed by atoms with Crippen LogP contribution in [0.5, 0.6) is 0 Å². The molecule has 4 nitrogen and oxygen atoms in total. The monoisotopic (exact) mass is 351 g/mol. The summed E-state index contributed by atoms with van der Waals surface area (Å²) in [4.78, 5) is 16.5. The molecule has 0 fully saturated rings. The second kappa shape index (κ2) is 9.01. The van der Waals surface area contributed by atoms with Gasteiger partial charge >= 0.3 is 0 Å². The van der Waals surface area contributed by atoms with Crippen molar-refractivity contribution in [3.8, 4) is 0 Å². The Hall–Kier alpha value is -1.43. The normalized spacial score (nSPS) is 12.1. The SMILES string of the molecule is CCCCC(N)c1nc(C(=O)NCCc2cccc(Cl)c2)cs1. The quantitative estimate of drug-likeness (QED) is 0.756. The smallest absolute Gasteiger partial charge is 0.270 e. The summed E-state index contributed by atoms with van der Waals surface area (Å²) in [6.45, 7) is 2.68. The molecule has 0 aliphatic carbocycles. The van der Waals surface area contributed by atoms with Gasteiger partial charge in [0.15, 0.2) is 0 Å². The van der Waals surface area contributed by atoms with Crippen molar-refractivity contribution in [1.82, 2.24) is 10.3 Å². The highest BCUT2D eigenvalue weighted by atomic mass is 35.5. The lowest BCUT2D eigenvalue weighted by molar-refractivity contribution is 0.0949. The van der Waals surface area contributed by atoms with E-state index in [2.05, 4.69) is 17.2 Å². The largest absolute Gasteiger partial charge is 0.350 e. The van der Waals surface area contributed by atoms with Gasteiger partial charge < -0.3 is 11.1 Å². The molecule has 0 aliphatic rings. The number of carbonyl (C=O) groups is 1. The molecule has 1 heterocycles. The minimum Gasteiger partial charge on any atom is -0.350 e. The van der Waals surface area contributed by atoms with Crippen molar-refractivity contribution >= 4 is 28.8 Å². The Bertz CT molecular complexity index is 644. The summed E-state index contributed by atoms with van der Waals surface area (Å²) >= 11 is 7.40. The molecule has 0 spiro atoms. The van der Waals surface area contributed by atoms with E-state index in [1.165, 1.54) is 11.3 Å². The number of nitrogens with one attached hydrogen (secondary N) is 1. The van der Waals surface area contributed by atoms with E-state index in [0.717, 1.165) is 36.3 Å². The van der Waals surface area contributed by atoms with Gasteiger partial charge in [-0.25, -0.2) is 4.98 Å². The topological polar surface area (TPSA) is 68.0 Å². The van der Waals surface area contributed by atoms with E-state index in [1.807, 2.05) is 24.3 Å². The highest BCUT2D eigenvalue weighted by Crippen LogP contribution is 2.20. The van der Waals surface area contributed by atoms with Gasteiger partial charge in [-0.2, -0.15) is 0 Å². The molecule has 0 radical (unpaired) electrons. The molecular weight excluding hydrogens is 330 g/mol. The first-order valence-electron chi connectivity index (χ1n) is 7.83. The number of nitrogens with zero attached hydrogens (tertiary/aromatic N) is 1. The van der Waals surface area contributed by atoms with E-state index >= 15 is 0 Å². The number of thiazole rings is 1. The van der Waals surface area contributed by atoms with Crippen molar-refractivity contribution in [2.45, 2.75) is 38.6 Å². The van der Waals surface area contributed by atoms with Crippen LogP contribution in [0.25, 0.3) is 0 Å². The van der Waals surface area contributed by atoms with Crippen LogP contribution in [0.2, 0.25) is 5.02 Å². The van der Waals surface area contributed by atoms with E-state index in [1.54, 1.807) is 5.38 Å². The zero-order chi connectivity index (χ0) is 16.7. The molecule has 3 N–H and O–H groups in total. The second-order valence-corrected chi connectivity index (χ2v) is 6.78.